The zero-order valence-corrected chi connectivity index (χ0v) is 22.4. The molecule has 0 radical (unpaired) electrons. The Hall–Kier alpha value is -2.72. The number of nitrogens with zero attached hydrogens (tertiary/aromatic N) is 3. The van der Waals surface area contributed by atoms with Crippen LogP contribution in [0, 0.1) is 19.8 Å². The Morgan fingerprint density at radius 3 is 2.53 bits per heavy atom. The van der Waals surface area contributed by atoms with Gasteiger partial charge in [0.15, 0.2) is 5.13 Å². The molecule has 5 rings (SSSR count). The van der Waals surface area contributed by atoms with Crippen molar-refractivity contribution in [2.75, 3.05) is 18.0 Å². The highest BCUT2D eigenvalue weighted by atomic mass is 35.5. The van der Waals surface area contributed by atoms with Crippen molar-refractivity contribution in [2.45, 2.75) is 38.1 Å². The van der Waals surface area contributed by atoms with E-state index in [0.717, 1.165) is 21.3 Å². The minimum Gasteiger partial charge on any atom is -0.467 e. The number of rotatable bonds is 6. The smallest absolute Gasteiger partial charge is 0.243 e. The second kappa shape index (κ2) is 9.97. The van der Waals surface area contributed by atoms with Gasteiger partial charge in [0.2, 0.25) is 15.9 Å². The van der Waals surface area contributed by atoms with Crippen LogP contribution in [0.3, 0.4) is 0 Å². The second-order valence-corrected chi connectivity index (χ2v) is 12.4. The van der Waals surface area contributed by atoms with Crippen LogP contribution in [-0.2, 0) is 21.4 Å². The minimum atomic E-state index is -3.60. The summed E-state index contributed by atoms with van der Waals surface area (Å²) in [4.78, 5) is 20.5. The minimum absolute atomic E-state index is 0.0819. The normalized spacial score (nSPS) is 15.4. The van der Waals surface area contributed by atoms with E-state index in [-0.39, 0.29) is 36.4 Å². The Kier molecular flexibility index (Phi) is 6.91. The molecule has 36 heavy (non-hydrogen) atoms. The number of aryl methyl sites for hydroxylation is 2. The van der Waals surface area contributed by atoms with Crippen LogP contribution in [-0.4, -0.2) is 36.7 Å². The molecule has 0 atom stereocenters. The summed E-state index contributed by atoms with van der Waals surface area (Å²) in [7, 11) is -3.60. The molecule has 0 spiro atoms. The van der Waals surface area contributed by atoms with Crippen molar-refractivity contribution < 1.29 is 17.6 Å². The molecule has 4 aromatic rings. The number of piperidine rings is 1. The first-order chi connectivity index (χ1) is 17.2. The lowest BCUT2D eigenvalue weighted by molar-refractivity contribution is -0.123. The molecule has 1 saturated heterocycles. The van der Waals surface area contributed by atoms with Gasteiger partial charge in [0.1, 0.15) is 5.76 Å². The van der Waals surface area contributed by atoms with Crippen LogP contribution in [0.15, 0.2) is 64.1 Å². The molecule has 0 unspecified atom stereocenters. The van der Waals surface area contributed by atoms with Gasteiger partial charge in [-0.3, -0.25) is 9.69 Å². The first-order valence-corrected chi connectivity index (χ1v) is 14.3. The van der Waals surface area contributed by atoms with Crippen molar-refractivity contribution in [1.82, 2.24) is 9.29 Å². The molecule has 10 heteroatoms. The molecule has 0 aliphatic carbocycles. The third-order valence-electron chi connectivity index (χ3n) is 6.59. The number of hydrogen-bond donors (Lipinski definition) is 0. The lowest BCUT2D eigenvalue weighted by Crippen LogP contribution is -2.44. The van der Waals surface area contributed by atoms with Crippen molar-refractivity contribution in [2.24, 2.45) is 5.92 Å². The van der Waals surface area contributed by atoms with Crippen LogP contribution in [0.1, 0.15) is 29.7 Å². The summed E-state index contributed by atoms with van der Waals surface area (Å²) < 4.78 is 34.2. The summed E-state index contributed by atoms with van der Waals surface area (Å²) in [5.74, 6) is 0.250. The maximum atomic E-state index is 13.8. The fourth-order valence-corrected chi connectivity index (χ4v) is 7.08. The lowest BCUT2D eigenvalue weighted by Gasteiger charge is -2.32. The van der Waals surface area contributed by atoms with Crippen LogP contribution < -0.4 is 4.90 Å². The topological polar surface area (TPSA) is 83.7 Å². The number of hydrogen-bond acceptors (Lipinski definition) is 6. The maximum Gasteiger partial charge on any atom is 0.243 e. The standard InChI is InChI=1S/C26H26ClN3O4S2/c1-17-5-7-21(8-6-17)36(32,33)29-13-11-19(12-14-29)25(31)30(16-20-4-3-15-34-20)26-28-24-18(2)22(27)9-10-23(24)35-26/h3-10,15,19H,11-14,16H2,1-2H3. The van der Waals surface area contributed by atoms with Crippen LogP contribution in [0.5, 0.6) is 0 Å². The zero-order valence-electron chi connectivity index (χ0n) is 20.0. The molecule has 1 amide bonds. The molecule has 2 aromatic heterocycles. The average molecular weight is 544 g/mol. The fourth-order valence-electron chi connectivity index (χ4n) is 4.43. The molecule has 0 bridgehead atoms. The zero-order chi connectivity index (χ0) is 25.4. The average Bonchev–Trinajstić information content (AvgIpc) is 3.55. The highest BCUT2D eigenvalue weighted by Gasteiger charge is 2.35. The number of carbonyl (C=O) groups is 1. The van der Waals surface area contributed by atoms with Gasteiger partial charge in [-0.1, -0.05) is 40.6 Å². The molecular formula is C26H26ClN3O4S2. The number of aromatic nitrogens is 1. The van der Waals surface area contributed by atoms with Gasteiger partial charge in [-0.25, -0.2) is 13.4 Å². The quantitative estimate of drug-likeness (QED) is 0.307. The van der Waals surface area contributed by atoms with Gasteiger partial charge in [0.05, 0.1) is 27.9 Å². The van der Waals surface area contributed by atoms with Crippen LogP contribution >= 0.6 is 22.9 Å². The Balaban J connectivity index is 1.37. The number of benzene rings is 2. The van der Waals surface area contributed by atoms with E-state index in [1.807, 2.05) is 32.0 Å². The number of sulfonamides is 1. The van der Waals surface area contributed by atoms with Gasteiger partial charge < -0.3 is 4.42 Å². The molecule has 188 valence electrons. The Bertz CT molecular complexity index is 1490. The third-order valence-corrected chi connectivity index (χ3v) is 9.96. The van der Waals surface area contributed by atoms with E-state index in [4.69, 9.17) is 21.0 Å². The van der Waals surface area contributed by atoms with Crippen molar-refractivity contribution in [3.05, 3.63) is 76.7 Å². The molecule has 0 saturated carbocycles. The predicted octanol–water partition coefficient (Wildman–Crippen LogP) is 5.79. The van der Waals surface area contributed by atoms with E-state index in [2.05, 4.69) is 0 Å². The van der Waals surface area contributed by atoms with Crippen molar-refractivity contribution >= 4 is 54.2 Å². The van der Waals surface area contributed by atoms with Gasteiger partial charge in [0.25, 0.3) is 0 Å². The fraction of sp³-hybridized carbons (Fsp3) is 0.308. The molecule has 1 aliphatic heterocycles. The molecule has 0 N–H and O–H groups in total. The number of anilines is 1. The number of amides is 1. The summed E-state index contributed by atoms with van der Waals surface area (Å²) in [5, 5.41) is 1.21. The molecular weight excluding hydrogens is 518 g/mol. The first-order valence-electron chi connectivity index (χ1n) is 11.7. The molecule has 1 fully saturated rings. The highest BCUT2D eigenvalue weighted by Crippen LogP contribution is 2.36. The molecule has 2 aromatic carbocycles. The van der Waals surface area contributed by atoms with Gasteiger partial charge in [-0.15, -0.1) is 0 Å². The molecule has 3 heterocycles. The van der Waals surface area contributed by atoms with Crippen molar-refractivity contribution in [3.63, 3.8) is 0 Å². The summed E-state index contributed by atoms with van der Waals surface area (Å²) >= 11 is 7.73. The largest absolute Gasteiger partial charge is 0.467 e. The van der Waals surface area contributed by atoms with Gasteiger partial charge >= 0.3 is 0 Å². The highest BCUT2D eigenvalue weighted by molar-refractivity contribution is 7.89. The first kappa shape index (κ1) is 25.0. The number of halogens is 1. The second-order valence-electron chi connectivity index (χ2n) is 9.01. The van der Waals surface area contributed by atoms with E-state index < -0.39 is 10.0 Å². The van der Waals surface area contributed by atoms with Gasteiger partial charge in [0, 0.05) is 24.0 Å². The predicted molar refractivity (Wildman–Crippen MR) is 142 cm³/mol. The van der Waals surface area contributed by atoms with E-state index in [1.165, 1.54) is 15.6 Å². The SMILES string of the molecule is Cc1ccc(S(=O)(=O)N2CCC(C(=O)N(Cc3ccco3)c3nc4c(C)c(Cl)ccc4s3)CC2)cc1. The Morgan fingerprint density at radius 1 is 1.14 bits per heavy atom. The van der Waals surface area contributed by atoms with E-state index in [9.17, 15) is 13.2 Å². The van der Waals surface area contributed by atoms with E-state index in [1.54, 1.807) is 41.5 Å². The maximum absolute atomic E-state index is 13.8. The number of fused-ring (bicyclic) bond motifs is 1. The Labute approximate surface area is 219 Å². The number of thiazole rings is 1. The van der Waals surface area contributed by atoms with Crippen LogP contribution in [0.4, 0.5) is 5.13 Å². The summed E-state index contributed by atoms with van der Waals surface area (Å²) in [6.45, 7) is 4.66. The van der Waals surface area contributed by atoms with E-state index >= 15 is 0 Å². The van der Waals surface area contributed by atoms with E-state index in [0.29, 0.717) is 28.8 Å². The molecule has 7 nitrogen and oxygen atoms in total. The van der Waals surface area contributed by atoms with Crippen molar-refractivity contribution in [3.8, 4) is 0 Å². The van der Waals surface area contributed by atoms with Crippen molar-refractivity contribution in [1.29, 1.82) is 0 Å². The summed E-state index contributed by atoms with van der Waals surface area (Å²) in [5.41, 5.74) is 2.65. The Morgan fingerprint density at radius 2 is 1.86 bits per heavy atom. The van der Waals surface area contributed by atoms with Crippen LogP contribution in [0.25, 0.3) is 10.2 Å². The van der Waals surface area contributed by atoms with Crippen LogP contribution in [0.2, 0.25) is 5.02 Å². The lowest BCUT2D eigenvalue weighted by atomic mass is 9.96. The summed E-state index contributed by atoms with van der Waals surface area (Å²) in [6, 6.07) is 14.2. The monoisotopic (exact) mass is 543 g/mol. The number of carbonyl (C=O) groups excluding carboxylic acids is 1. The van der Waals surface area contributed by atoms with Gasteiger partial charge in [-0.2, -0.15) is 4.31 Å². The third kappa shape index (κ3) is 4.80. The number of furan rings is 1. The molecule has 1 aliphatic rings. The summed E-state index contributed by atoms with van der Waals surface area (Å²) in [6.07, 6.45) is 2.46. The van der Waals surface area contributed by atoms with Gasteiger partial charge in [-0.05, 0) is 68.7 Å².